The van der Waals surface area contributed by atoms with E-state index in [1.807, 2.05) is 19.1 Å². The number of piperazine rings is 1. The van der Waals surface area contributed by atoms with Gasteiger partial charge in [0.15, 0.2) is 5.76 Å². The summed E-state index contributed by atoms with van der Waals surface area (Å²) >= 11 is 0. The van der Waals surface area contributed by atoms with E-state index in [4.69, 9.17) is 13.6 Å². The third kappa shape index (κ3) is 4.19. The van der Waals surface area contributed by atoms with E-state index < -0.39 is 5.63 Å². The summed E-state index contributed by atoms with van der Waals surface area (Å²) in [7, 11) is 1.55. The topological polar surface area (TPSA) is 93.2 Å². The molecule has 1 saturated heterocycles. The van der Waals surface area contributed by atoms with Crippen LogP contribution in [0.2, 0.25) is 0 Å². The molecule has 0 N–H and O–H groups in total. The largest absolute Gasteiger partial charge is 0.497 e. The van der Waals surface area contributed by atoms with Crippen LogP contribution in [-0.2, 0) is 11.2 Å². The van der Waals surface area contributed by atoms with Gasteiger partial charge in [-0.15, -0.1) is 0 Å². The van der Waals surface area contributed by atoms with Crippen molar-refractivity contribution < 1.29 is 23.2 Å². The molecule has 8 heteroatoms. The summed E-state index contributed by atoms with van der Waals surface area (Å²) in [6, 6.07) is 8.66. The first-order valence-corrected chi connectivity index (χ1v) is 10.2. The van der Waals surface area contributed by atoms with E-state index in [9.17, 15) is 14.4 Å². The molecule has 0 bridgehead atoms. The molecule has 1 aliphatic rings. The van der Waals surface area contributed by atoms with E-state index in [1.54, 1.807) is 35.1 Å². The van der Waals surface area contributed by atoms with Gasteiger partial charge >= 0.3 is 5.63 Å². The van der Waals surface area contributed by atoms with Crippen LogP contribution in [0.15, 0.2) is 50.2 Å². The zero-order valence-electron chi connectivity index (χ0n) is 17.6. The Kier molecular flexibility index (Phi) is 5.79. The predicted molar refractivity (Wildman–Crippen MR) is 113 cm³/mol. The number of rotatable bonds is 5. The van der Waals surface area contributed by atoms with Gasteiger partial charge in [0, 0.05) is 49.6 Å². The first-order valence-electron chi connectivity index (χ1n) is 10.2. The molecule has 0 radical (unpaired) electrons. The summed E-state index contributed by atoms with van der Waals surface area (Å²) < 4.78 is 15.8. The van der Waals surface area contributed by atoms with E-state index in [-0.39, 0.29) is 18.2 Å². The van der Waals surface area contributed by atoms with Crippen molar-refractivity contribution in [3.05, 3.63) is 63.9 Å². The number of furan rings is 1. The van der Waals surface area contributed by atoms with E-state index in [0.717, 1.165) is 10.9 Å². The van der Waals surface area contributed by atoms with Crippen molar-refractivity contribution in [2.24, 2.45) is 0 Å². The molecular weight excluding hydrogens is 400 g/mol. The smallest absolute Gasteiger partial charge is 0.339 e. The summed E-state index contributed by atoms with van der Waals surface area (Å²) in [4.78, 5) is 40.9. The zero-order valence-corrected chi connectivity index (χ0v) is 17.6. The summed E-state index contributed by atoms with van der Waals surface area (Å²) in [5.41, 5.74) is 1.36. The molecule has 0 aliphatic carbocycles. The minimum absolute atomic E-state index is 0.0428. The second-order valence-electron chi connectivity index (χ2n) is 7.51. The molecule has 1 fully saturated rings. The maximum Gasteiger partial charge on any atom is 0.339 e. The number of aryl methyl sites for hydroxylation is 1. The van der Waals surface area contributed by atoms with Crippen molar-refractivity contribution in [2.45, 2.75) is 19.8 Å². The van der Waals surface area contributed by atoms with Crippen LogP contribution in [-0.4, -0.2) is 54.9 Å². The van der Waals surface area contributed by atoms with E-state index in [1.165, 1.54) is 6.26 Å². The second kappa shape index (κ2) is 8.67. The zero-order chi connectivity index (χ0) is 22.0. The Balaban J connectivity index is 1.38. The standard InChI is InChI=1S/C23H24N2O6/c1-15-17-6-5-16(29-2)14-20(17)31-23(28)18(15)7-8-21(26)24-9-11-25(12-10-24)22(27)19-4-3-13-30-19/h3-6,13-14H,7-12H2,1-2H3. The van der Waals surface area contributed by atoms with Gasteiger partial charge in [0.1, 0.15) is 11.3 Å². The van der Waals surface area contributed by atoms with Crippen molar-refractivity contribution >= 4 is 22.8 Å². The summed E-state index contributed by atoms with van der Waals surface area (Å²) in [5, 5.41) is 0.827. The maximum absolute atomic E-state index is 12.7. The highest BCUT2D eigenvalue weighted by molar-refractivity contribution is 5.91. The minimum Gasteiger partial charge on any atom is -0.497 e. The van der Waals surface area contributed by atoms with Crippen LogP contribution in [0.5, 0.6) is 5.75 Å². The number of benzene rings is 1. The number of nitrogens with zero attached hydrogens (tertiary/aromatic N) is 2. The lowest BCUT2D eigenvalue weighted by molar-refractivity contribution is -0.132. The van der Waals surface area contributed by atoms with Crippen molar-refractivity contribution in [2.75, 3.05) is 33.3 Å². The van der Waals surface area contributed by atoms with Gasteiger partial charge in [0.05, 0.1) is 13.4 Å². The Morgan fingerprint density at radius 3 is 2.52 bits per heavy atom. The normalized spacial score (nSPS) is 14.1. The van der Waals surface area contributed by atoms with Gasteiger partial charge in [0.2, 0.25) is 5.91 Å². The minimum atomic E-state index is -0.431. The lowest BCUT2D eigenvalue weighted by Crippen LogP contribution is -2.50. The van der Waals surface area contributed by atoms with Gasteiger partial charge in [-0.2, -0.15) is 0 Å². The van der Waals surface area contributed by atoms with Crippen LogP contribution in [0, 0.1) is 6.92 Å². The van der Waals surface area contributed by atoms with E-state index >= 15 is 0 Å². The molecule has 2 amide bonds. The predicted octanol–water partition coefficient (Wildman–Crippen LogP) is 2.62. The molecule has 3 aromatic rings. The highest BCUT2D eigenvalue weighted by Crippen LogP contribution is 2.24. The average Bonchev–Trinajstić information content (AvgIpc) is 3.33. The highest BCUT2D eigenvalue weighted by atomic mass is 16.5. The van der Waals surface area contributed by atoms with Gasteiger partial charge < -0.3 is 23.4 Å². The molecule has 3 heterocycles. The van der Waals surface area contributed by atoms with Crippen LogP contribution in [0.3, 0.4) is 0 Å². The molecule has 1 aliphatic heterocycles. The van der Waals surface area contributed by atoms with Crippen LogP contribution in [0.25, 0.3) is 11.0 Å². The Labute approximate surface area is 179 Å². The number of fused-ring (bicyclic) bond motifs is 1. The first-order chi connectivity index (χ1) is 15.0. The quantitative estimate of drug-likeness (QED) is 0.585. The number of carbonyl (C=O) groups is 2. The van der Waals surface area contributed by atoms with E-state index in [0.29, 0.717) is 55.3 Å². The number of methoxy groups -OCH3 is 1. The molecule has 0 unspecified atom stereocenters. The van der Waals surface area contributed by atoms with Gasteiger partial charge in [0.25, 0.3) is 5.91 Å². The molecule has 31 heavy (non-hydrogen) atoms. The Morgan fingerprint density at radius 2 is 1.84 bits per heavy atom. The molecule has 0 saturated carbocycles. The second-order valence-corrected chi connectivity index (χ2v) is 7.51. The molecule has 0 spiro atoms. The monoisotopic (exact) mass is 424 g/mol. The third-order valence-electron chi connectivity index (χ3n) is 5.73. The summed E-state index contributed by atoms with van der Waals surface area (Å²) in [6.07, 6.45) is 1.98. The molecule has 4 rings (SSSR count). The molecule has 2 aromatic heterocycles. The third-order valence-corrected chi connectivity index (χ3v) is 5.73. The molecule has 162 valence electrons. The van der Waals surface area contributed by atoms with Crippen LogP contribution in [0.4, 0.5) is 0 Å². The summed E-state index contributed by atoms with van der Waals surface area (Å²) in [5.74, 6) is 0.704. The van der Waals surface area contributed by atoms with Gasteiger partial charge in [-0.25, -0.2) is 4.79 Å². The average molecular weight is 424 g/mol. The Morgan fingerprint density at radius 1 is 1.10 bits per heavy atom. The van der Waals surface area contributed by atoms with Crippen LogP contribution >= 0.6 is 0 Å². The van der Waals surface area contributed by atoms with Crippen LogP contribution in [0.1, 0.15) is 28.1 Å². The van der Waals surface area contributed by atoms with Gasteiger partial charge in [-0.3, -0.25) is 9.59 Å². The number of hydrogen-bond acceptors (Lipinski definition) is 6. The molecule has 8 nitrogen and oxygen atoms in total. The Bertz CT molecular complexity index is 1160. The molecule has 0 atom stereocenters. The van der Waals surface area contributed by atoms with Crippen LogP contribution < -0.4 is 10.4 Å². The van der Waals surface area contributed by atoms with Crippen molar-refractivity contribution in [1.29, 1.82) is 0 Å². The lowest BCUT2D eigenvalue weighted by atomic mass is 10.0. The fraction of sp³-hybridized carbons (Fsp3) is 0.348. The fourth-order valence-electron chi connectivity index (χ4n) is 3.90. The maximum atomic E-state index is 12.7. The first kappa shape index (κ1) is 20.7. The lowest BCUT2D eigenvalue weighted by Gasteiger charge is -2.34. The number of ether oxygens (including phenoxy) is 1. The number of carbonyl (C=O) groups excluding carboxylic acids is 2. The van der Waals surface area contributed by atoms with Gasteiger partial charge in [-0.05, 0) is 43.2 Å². The Hall–Kier alpha value is -3.55. The number of amides is 2. The SMILES string of the molecule is COc1ccc2c(C)c(CCC(=O)N3CCN(C(=O)c4ccco4)CC3)c(=O)oc2c1. The fourth-order valence-corrected chi connectivity index (χ4v) is 3.90. The van der Waals surface area contributed by atoms with E-state index in [2.05, 4.69) is 0 Å². The molecular formula is C23H24N2O6. The van der Waals surface area contributed by atoms with Crippen molar-refractivity contribution in [1.82, 2.24) is 9.80 Å². The number of hydrogen-bond donors (Lipinski definition) is 0. The summed E-state index contributed by atoms with van der Waals surface area (Å²) in [6.45, 7) is 3.67. The highest BCUT2D eigenvalue weighted by Gasteiger charge is 2.26. The van der Waals surface area contributed by atoms with Crippen molar-refractivity contribution in [3.63, 3.8) is 0 Å². The molecule has 1 aromatic carbocycles. The van der Waals surface area contributed by atoms with Crippen molar-refractivity contribution in [3.8, 4) is 5.75 Å². The van der Waals surface area contributed by atoms with Gasteiger partial charge in [-0.1, -0.05) is 0 Å².